The number of nitrogens with zero attached hydrogens (tertiary/aromatic N) is 4. The SMILES string of the molecule is C#C[C@@]12OC(C)(C)O[C@@H]1C(CO)(CO)O[C@H]2n1cnc2c(NC(c3ccccc3)(c3ccccc3)c3ccc(OC)cc3)ncnc21. The van der Waals surface area contributed by atoms with E-state index in [-0.39, 0.29) is 0 Å². The van der Waals surface area contributed by atoms with Gasteiger partial charge in [-0.2, -0.15) is 0 Å². The molecule has 7 rings (SSSR count). The van der Waals surface area contributed by atoms with Crippen molar-refractivity contribution in [3.8, 4) is 18.1 Å². The van der Waals surface area contributed by atoms with Gasteiger partial charge in [0.25, 0.3) is 0 Å². The van der Waals surface area contributed by atoms with E-state index in [2.05, 4.69) is 40.5 Å². The van der Waals surface area contributed by atoms with E-state index in [4.69, 9.17) is 35.3 Å². The quantitative estimate of drug-likeness (QED) is 0.162. The summed E-state index contributed by atoms with van der Waals surface area (Å²) in [7, 11) is 1.64. The van der Waals surface area contributed by atoms with Crippen molar-refractivity contribution in [3.63, 3.8) is 0 Å². The summed E-state index contributed by atoms with van der Waals surface area (Å²) in [5.41, 5.74) is -0.287. The second kappa shape index (κ2) is 11.5. The molecule has 5 aromatic rings. The average molecular weight is 634 g/mol. The highest BCUT2D eigenvalue weighted by Gasteiger charge is 2.72. The van der Waals surface area contributed by atoms with Gasteiger partial charge in [0.05, 0.1) is 26.7 Å². The monoisotopic (exact) mass is 633 g/mol. The van der Waals surface area contributed by atoms with Crippen molar-refractivity contribution in [1.82, 2.24) is 19.5 Å². The van der Waals surface area contributed by atoms with Gasteiger partial charge in [-0.1, -0.05) is 78.7 Å². The number of rotatable bonds is 9. The lowest BCUT2D eigenvalue weighted by Crippen LogP contribution is -2.52. The molecule has 3 atom stereocenters. The third-order valence-corrected chi connectivity index (χ3v) is 9.01. The molecule has 2 aromatic heterocycles. The van der Waals surface area contributed by atoms with Crippen LogP contribution in [0.3, 0.4) is 0 Å². The van der Waals surface area contributed by atoms with Gasteiger partial charge in [-0.15, -0.1) is 6.42 Å². The number of imidazole rings is 1. The summed E-state index contributed by atoms with van der Waals surface area (Å²) in [6, 6.07) is 28.1. The maximum Gasteiger partial charge on any atom is 0.205 e. The van der Waals surface area contributed by atoms with Crippen molar-refractivity contribution in [2.45, 2.75) is 48.7 Å². The lowest BCUT2D eigenvalue weighted by atomic mass is 9.77. The predicted octanol–water partition coefficient (Wildman–Crippen LogP) is 4.01. The largest absolute Gasteiger partial charge is 0.497 e. The van der Waals surface area contributed by atoms with Crippen LogP contribution in [0.5, 0.6) is 5.75 Å². The first kappa shape index (κ1) is 30.8. The molecule has 3 N–H and O–H groups in total. The number of aliphatic hydroxyl groups excluding tert-OH is 2. The van der Waals surface area contributed by atoms with Crippen molar-refractivity contribution in [3.05, 3.63) is 114 Å². The summed E-state index contributed by atoms with van der Waals surface area (Å²) in [5.74, 6) is 2.80. The Bertz CT molecular complexity index is 1880. The molecule has 2 aliphatic rings. The van der Waals surface area contributed by atoms with Crippen LogP contribution in [0, 0.1) is 12.3 Å². The maximum atomic E-state index is 10.4. The van der Waals surface area contributed by atoms with Crippen LogP contribution < -0.4 is 10.1 Å². The molecule has 0 radical (unpaired) electrons. The van der Waals surface area contributed by atoms with Gasteiger partial charge >= 0.3 is 0 Å². The molecule has 2 aliphatic heterocycles. The van der Waals surface area contributed by atoms with Crippen LogP contribution in [-0.4, -0.2) is 73.1 Å². The summed E-state index contributed by atoms with van der Waals surface area (Å²) in [6.07, 6.45) is 7.09. The molecule has 0 unspecified atom stereocenters. The number of terminal acetylenes is 1. The van der Waals surface area contributed by atoms with Gasteiger partial charge in [0.1, 0.15) is 29.3 Å². The van der Waals surface area contributed by atoms with Crippen LogP contribution >= 0.6 is 0 Å². The molecule has 11 nitrogen and oxygen atoms in total. The van der Waals surface area contributed by atoms with Crippen molar-refractivity contribution in [2.24, 2.45) is 0 Å². The van der Waals surface area contributed by atoms with Gasteiger partial charge in [-0.25, -0.2) is 15.0 Å². The molecule has 3 aromatic carbocycles. The third kappa shape index (κ3) is 4.68. The minimum absolute atomic E-state index is 0.394. The summed E-state index contributed by atoms with van der Waals surface area (Å²) >= 11 is 0. The van der Waals surface area contributed by atoms with E-state index in [1.807, 2.05) is 60.7 Å². The van der Waals surface area contributed by atoms with Gasteiger partial charge in [-0.3, -0.25) is 4.57 Å². The zero-order valence-electron chi connectivity index (χ0n) is 26.2. The lowest BCUT2D eigenvalue weighted by molar-refractivity contribution is -0.239. The van der Waals surface area contributed by atoms with Crippen LogP contribution in [0.15, 0.2) is 97.6 Å². The molecule has 0 bridgehead atoms. The van der Waals surface area contributed by atoms with Crippen LogP contribution in [0.1, 0.15) is 36.8 Å². The number of nitrogens with one attached hydrogen (secondary N) is 1. The fourth-order valence-corrected chi connectivity index (χ4v) is 6.86. The van der Waals surface area contributed by atoms with E-state index in [1.54, 1.807) is 31.9 Å². The average Bonchev–Trinajstić information content (AvgIpc) is 3.75. The number of benzene rings is 3. The van der Waals surface area contributed by atoms with Crippen molar-refractivity contribution in [1.29, 1.82) is 0 Å². The molecular formula is C36H35N5O6. The molecule has 2 saturated heterocycles. The predicted molar refractivity (Wildman–Crippen MR) is 173 cm³/mol. The number of methoxy groups -OCH3 is 1. The second-order valence-electron chi connectivity index (χ2n) is 12.2. The van der Waals surface area contributed by atoms with Gasteiger partial charge in [-0.05, 0) is 42.7 Å². The number of fused-ring (bicyclic) bond motifs is 2. The highest BCUT2D eigenvalue weighted by Crippen LogP contribution is 2.55. The summed E-state index contributed by atoms with van der Waals surface area (Å²) in [5, 5.41) is 24.7. The molecule has 0 spiro atoms. The zero-order chi connectivity index (χ0) is 32.9. The smallest absolute Gasteiger partial charge is 0.205 e. The van der Waals surface area contributed by atoms with E-state index in [0.29, 0.717) is 17.0 Å². The van der Waals surface area contributed by atoms with Crippen molar-refractivity contribution in [2.75, 3.05) is 25.6 Å². The molecule has 4 heterocycles. The first-order chi connectivity index (χ1) is 22.8. The molecule has 0 amide bonds. The number of hydrogen-bond acceptors (Lipinski definition) is 10. The number of ether oxygens (including phenoxy) is 4. The third-order valence-electron chi connectivity index (χ3n) is 9.01. The fraction of sp³-hybridized carbons (Fsp3) is 0.306. The summed E-state index contributed by atoms with van der Waals surface area (Å²) in [4.78, 5) is 14.0. The van der Waals surface area contributed by atoms with Crippen LogP contribution in [0.2, 0.25) is 0 Å². The molecule has 47 heavy (non-hydrogen) atoms. The fourth-order valence-electron chi connectivity index (χ4n) is 6.86. The zero-order valence-corrected chi connectivity index (χ0v) is 26.2. The Morgan fingerprint density at radius 2 is 1.51 bits per heavy atom. The van der Waals surface area contributed by atoms with E-state index in [9.17, 15) is 10.2 Å². The molecular weight excluding hydrogens is 598 g/mol. The van der Waals surface area contributed by atoms with Gasteiger partial charge in [0.15, 0.2) is 29.0 Å². The Labute approximate surface area is 272 Å². The number of anilines is 1. The molecule has 0 aliphatic carbocycles. The Hall–Kier alpha value is -4.83. The highest BCUT2D eigenvalue weighted by atomic mass is 16.8. The van der Waals surface area contributed by atoms with Crippen LogP contribution in [0.4, 0.5) is 5.82 Å². The summed E-state index contributed by atoms with van der Waals surface area (Å²) in [6.45, 7) is 2.34. The lowest BCUT2D eigenvalue weighted by Gasteiger charge is -2.37. The molecule has 0 saturated carbocycles. The van der Waals surface area contributed by atoms with Crippen molar-refractivity contribution < 1.29 is 29.2 Å². The van der Waals surface area contributed by atoms with Crippen molar-refractivity contribution >= 4 is 17.0 Å². The standard InChI is InChI=1S/C36H35N5O6/c1-5-35-31(45-33(2,3)47-35)34(20-42,21-43)46-32(35)41-23-39-28-29(37-22-38-30(28)41)40-36(24-12-8-6-9-13-24,25-14-10-7-11-15-25)26-16-18-27(44-4)19-17-26/h1,6-19,22-23,31-32,42-43H,20-21H2,2-4H3,(H,37,38,40)/t31-,32-,35-/m1/s1. The Kier molecular flexibility index (Phi) is 7.50. The number of aromatic nitrogens is 4. The first-order valence-corrected chi connectivity index (χ1v) is 15.2. The highest BCUT2D eigenvalue weighted by molar-refractivity contribution is 5.84. The van der Waals surface area contributed by atoms with E-state index in [0.717, 1.165) is 22.4 Å². The Morgan fingerprint density at radius 1 is 0.894 bits per heavy atom. The Balaban J connectivity index is 1.41. The van der Waals surface area contributed by atoms with Gasteiger partial charge < -0.3 is 34.5 Å². The van der Waals surface area contributed by atoms with E-state index < -0.39 is 48.1 Å². The van der Waals surface area contributed by atoms with Gasteiger partial charge in [0.2, 0.25) is 5.60 Å². The molecule has 2 fully saturated rings. The summed E-state index contributed by atoms with van der Waals surface area (Å²) < 4.78 is 26.0. The minimum atomic E-state index is -1.54. The van der Waals surface area contributed by atoms with E-state index >= 15 is 0 Å². The number of aliphatic hydroxyl groups is 2. The number of hydrogen-bond donors (Lipinski definition) is 3. The van der Waals surface area contributed by atoms with Gasteiger partial charge in [0, 0.05) is 0 Å². The maximum absolute atomic E-state index is 10.4. The van der Waals surface area contributed by atoms with E-state index in [1.165, 1.54) is 6.33 Å². The minimum Gasteiger partial charge on any atom is -0.497 e. The van der Waals surface area contributed by atoms with Crippen LogP contribution in [-0.2, 0) is 19.7 Å². The normalized spacial score (nSPS) is 22.9. The molecule has 240 valence electrons. The topological polar surface area (TPSA) is 133 Å². The van der Waals surface area contributed by atoms with Crippen LogP contribution in [0.25, 0.3) is 11.2 Å². The molecule has 11 heteroatoms. The Morgan fingerprint density at radius 3 is 2.09 bits per heavy atom. The second-order valence-corrected chi connectivity index (χ2v) is 12.2. The first-order valence-electron chi connectivity index (χ1n) is 15.2.